The van der Waals surface area contributed by atoms with E-state index in [9.17, 15) is 14.4 Å². The zero-order valence-electron chi connectivity index (χ0n) is 13.8. The van der Waals surface area contributed by atoms with Crippen LogP contribution < -0.4 is 10.6 Å². The summed E-state index contributed by atoms with van der Waals surface area (Å²) in [4.78, 5) is 39.7. The van der Waals surface area contributed by atoms with Crippen LogP contribution in [0.3, 0.4) is 0 Å². The number of carbonyl (C=O) groups is 3. The molecule has 0 unspecified atom stereocenters. The average Bonchev–Trinajstić information content (AvgIpc) is 2.61. The van der Waals surface area contributed by atoms with E-state index < -0.39 is 17.8 Å². The van der Waals surface area contributed by atoms with Crippen molar-refractivity contribution in [3.8, 4) is 0 Å². The number of anilines is 1. The minimum absolute atomic E-state index is 0.234. The molecule has 0 atom stereocenters. The summed E-state index contributed by atoms with van der Waals surface area (Å²) in [6.45, 7) is 2.23. The summed E-state index contributed by atoms with van der Waals surface area (Å²) in [5.41, 5.74) is 1.39. The van der Waals surface area contributed by atoms with Gasteiger partial charge in [0.2, 0.25) is 11.8 Å². The molecule has 1 aromatic heterocycles. The SMILES string of the molecule is CCOC(=O)c1ccccc1NC(=O)CC(=O)NCc1cccnc1. The fraction of sp³-hybridized carbons (Fsp3) is 0.222. The fourth-order valence-corrected chi connectivity index (χ4v) is 2.09. The summed E-state index contributed by atoms with van der Waals surface area (Å²) < 4.78 is 4.94. The van der Waals surface area contributed by atoms with Crippen LogP contribution in [0.25, 0.3) is 0 Å². The number of ether oxygens (including phenoxy) is 1. The van der Waals surface area contributed by atoms with Crippen molar-refractivity contribution in [2.24, 2.45) is 0 Å². The van der Waals surface area contributed by atoms with Gasteiger partial charge in [0, 0.05) is 18.9 Å². The Kier molecular flexibility index (Phi) is 6.65. The number of hydrogen-bond donors (Lipinski definition) is 2. The summed E-state index contributed by atoms with van der Waals surface area (Å²) in [6, 6.07) is 10.1. The van der Waals surface area contributed by atoms with E-state index in [0.717, 1.165) is 5.56 Å². The van der Waals surface area contributed by atoms with Crippen molar-refractivity contribution in [2.45, 2.75) is 19.9 Å². The number of benzene rings is 1. The standard InChI is InChI=1S/C18H19N3O4/c1-2-25-18(24)14-7-3-4-8-15(14)21-17(23)10-16(22)20-12-13-6-5-9-19-11-13/h3-9,11H,2,10,12H2,1H3,(H,20,22)(H,21,23). The lowest BCUT2D eigenvalue weighted by Gasteiger charge is -2.10. The molecular weight excluding hydrogens is 322 g/mol. The van der Waals surface area contributed by atoms with E-state index in [-0.39, 0.29) is 18.6 Å². The van der Waals surface area contributed by atoms with E-state index in [1.165, 1.54) is 0 Å². The number of pyridine rings is 1. The number of carbonyl (C=O) groups excluding carboxylic acids is 3. The van der Waals surface area contributed by atoms with Gasteiger partial charge in [0.25, 0.3) is 0 Å². The first kappa shape index (κ1) is 18.1. The van der Waals surface area contributed by atoms with Crippen LogP contribution in [0, 0.1) is 0 Å². The van der Waals surface area contributed by atoms with E-state index in [0.29, 0.717) is 12.2 Å². The Bertz CT molecular complexity index is 747. The van der Waals surface area contributed by atoms with Crippen LogP contribution in [-0.4, -0.2) is 29.4 Å². The maximum absolute atomic E-state index is 12.0. The average molecular weight is 341 g/mol. The van der Waals surface area contributed by atoms with Crippen LogP contribution in [0.2, 0.25) is 0 Å². The molecule has 7 nitrogen and oxygen atoms in total. The largest absolute Gasteiger partial charge is 0.462 e. The third kappa shape index (κ3) is 5.72. The van der Waals surface area contributed by atoms with Crippen molar-refractivity contribution >= 4 is 23.5 Å². The van der Waals surface area contributed by atoms with Crippen molar-refractivity contribution in [3.63, 3.8) is 0 Å². The molecule has 0 saturated heterocycles. The zero-order chi connectivity index (χ0) is 18.1. The van der Waals surface area contributed by atoms with Gasteiger partial charge >= 0.3 is 5.97 Å². The van der Waals surface area contributed by atoms with Gasteiger partial charge in [-0.05, 0) is 30.7 Å². The first-order chi connectivity index (χ1) is 12.1. The van der Waals surface area contributed by atoms with E-state index in [2.05, 4.69) is 15.6 Å². The number of nitrogens with zero attached hydrogens (tertiary/aromatic N) is 1. The molecular formula is C18H19N3O4. The van der Waals surface area contributed by atoms with Crippen LogP contribution in [0.1, 0.15) is 29.3 Å². The second-order valence-corrected chi connectivity index (χ2v) is 5.13. The van der Waals surface area contributed by atoms with Crippen molar-refractivity contribution in [1.29, 1.82) is 0 Å². The second-order valence-electron chi connectivity index (χ2n) is 5.13. The van der Waals surface area contributed by atoms with E-state index >= 15 is 0 Å². The topological polar surface area (TPSA) is 97.4 Å². The highest BCUT2D eigenvalue weighted by molar-refractivity contribution is 6.06. The number of aromatic nitrogens is 1. The number of esters is 1. The van der Waals surface area contributed by atoms with Gasteiger partial charge < -0.3 is 15.4 Å². The summed E-state index contributed by atoms with van der Waals surface area (Å²) in [6.07, 6.45) is 2.92. The van der Waals surface area contributed by atoms with Crippen LogP contribution in [0.15, 0.2) is 48.8 Å². The lowest BCUT2D eigenvalue weighted by molar-refractivity contribution is -0.126. The quantitative estimate of drug-likeness (QED) is 0.592. The Labute approximate surface area is 145 Å². The monoisotopic (exact) mass is 341 g/mol. The maximum Gasteiger partial charge on any atom is 0.340 e. The third-order valence-corrected chi connectivity index (χ3v) is 3.23. The second kappa shape index (κ2) is 9.17. The Hall–Kier alpha value is -3.22. The number of nitrogens with one attached hydrogen (secondary N) is 2. The van der Waals surface area contributed by atoms with Crippen LogP contribution in [0.5, 0.6) is 0 Å². The number of para-hydroxylation sites is 1. The minimum Gasteiger partial charge on any atom is -0.462 e. The van der Waals surface area contributed by atoms with E-state index in [1.54, 1.807) is 49.6 Å². The minimum atomic E-state index is -0.528. The molecule has 130 valence electrons. The van der Waals surface area contributed by atoms with Crippen LogP contribution in [-0.2, 0) is 20.9 Å². The summed E-state index contributed by atoms with van der Waals surface area (Å²) >= 11 is 0. The van der Waals surface area contributed by atoms with Crippen molar-refractivity contribution in [3.05, 3.63) is 59.9 Å². The van der Waals surface area contributed by atoms with Crippen molar-refractivity contribution in [1.82, 2.24) is 10.3 Å². The van der Waals surface area contributed by atoms with Crippen molar-refractivity contribution < 1.29 is 19.1 Å². The Morgan fingerprint density at radius 2 is 1.88 bits per heavy atom. The predicted molar refractivity (Wildman–Crippen MR) is 91.7 cm³/mol. The van der Waals surface area contributed by atoms with Gasteiger partial charge in [-0.15, -0.1) is 0 Å². The number of amides is 2. The highest BCUT2D eigenvalue weighted by Crippen LogP contribution is 2.16. The molecule has 2 amide bonds. The van der Waals surface area contributed by atoms with Gasteiger partial charge in [-0.3, -0.25) is 14.6 Å². The van der Waals surface area contributed by atoms with Crippen molar-refractivity contribution in [2.75, 3.05) is 11.9 Å². The smallest absolute Gasteiger partial charge is 0.340 e. The molecule has 0 fully saturated rings. The van der Waals surface area contributed by atoms with Crippen LogP contribution >= 0.6 is 0 Å². The molecule has 25 heavy (non-hydrogen) atoms. The highest BCUT2D eigenvalue weighted by Gasteiger charge is 2.15. The normalized spacial score (nSPS) is 9.96. The Balaban J connectivity index is 1.89. The Morgan fingerprint density at radius 3 is 2.60 bits per heavy atom. The van der Waals surface area contributed by atoms with Crippen LogP contribution in [0.4, 0.5) is 5.69 Å². The van der Waals surface area contributed by atoms with Gasteiger partial charge in [-0.1, -0.05) is 18.2 Å². The van der Waals surface area contributed by atoms with E-state index in [1.807, 2.05) is 6.07 Å². The van der Waals surface area contributed by atoms with Gasteiger partial charge in [0.15, 0.2) is 0 Å². The molecule has 1 aromatic carbocycles. The predicted octanol–water partition coefficient (Wildman–Crippen LogP) is 1.90. The van der Waals surface area contributed by atoms with Gasteiger partial charge in [-0.25, -0.2) is 4.79 Å². The first-order valence-corrected chi connectivity index (χ1v) is 7.81. The molecule has 0 spiro atoms. The highest BCUT2D eigenvalue weighted by atomic mass is 16.5. The molecule has 0 radical (unpaired) electrons. The van der Waals surface area contributed by atoms with Gasteiger partial charge in [0.05, 0.1) is 17.9 Å². The van der Waals surface area contributed by atoms with Gasteiger partial charge in [0.1, 0.15) is 6.42 Å². The molecule has 2 aromatic rings. The summed E-state index contributed by atoms with van der Waals surface area (Å²) in [5, 5.41) is 5.21. The molecule has 2 rings (SSSR count). The molecule has 0 aliphatic heterocycles. The summed E-state index contributed by atoms with van der Waals surface area (Å²) in [7, 11) is 0. The molecule has 2 N–H and O–H groups in total. The maximum atomic E-state index is 12.0. The lowest BCUT2D eigenvalue weighted by atomic mass is 10.1. The number of hydrogen-bond acceptors (Lipinski definition) is 5. The molecule has 0 aliphatic rings. The third-order valence-electron chi connectivity index (χ3n) is 3.23. The first-order valence-electron chi connectivity index (χ1n) is 7.81. The number of rotatable bonds is 7. The molecule has 0 bridgehead atoms. The molecule has 1 heterocycles. The zero-order valence-corrected chi connectivity index (χ0v) is 13.8. The molecule has 0 saturated carbocycles. The summed E-state index contributed by atoms with van der Waals surface area (Å²) in [5.74, 6) is -1.46. The van der Waals surface area contributed by atoms with E-state index in [4.69, 9.17) is 4.74 Å². The lowest BCUT2D eigenvalue weighted by Crippen LogP contribution is -2.28. The van der Waals surface area contributed by atoms with Gasteiger partial charge in [-0.2, -0.15) is 0 Å². The fourth-order valence-electron chi connectivity index (χ4n) is 2.09. The molecule has 7 heteroatoms. The Morgan fingerprint density at radius 1 is 1.08 bits per heavy atom. The molecule has 0 aliphatic carbocycles.